The zero-order chi connectivity index (χ0) is 17.8. The highest BCUT2D eigenvalue weighted by atomic mass is 16.9. The standard InChI is InChI=1S/C19H25NO5/c1-18-8-6-13(21)10-12(18)2-3-14-15(18)7-9-19(11-25-20(23)24)16(14)4-5-17(19)22/h10,14-16H,2-9,11H2,1H3/t14-,15+,16+,18+,19-/m1/s1. The van der Waals surface area contributed by atoms with Gasteiger partial charge in [0.15, 0.2) is 5.78 Å². The second kappa shape index (κ2) is 5.64. The Hall–Kier alpha value is -1.72. The van der Waals surface area contributed by atoms with Gasteiger partial charge >= 0.3 is 0 Å². The van der Waals surface area contributed by atoms with E-state index in [1.165, 1.54) is 5.57 Å². The second-order valence-electron chi connectivity index (χ2n) is 8.62. The van der Waals surface area contributed by atoms with Gasteiger partial charge in [-0.2, -0.15) is 0 Å². The van der Waals surface area contributed by atoms with Crippen molar-refractivity contribution in [1.82, 2.24) is 0 Å². The predicted octanol–water partition coefficient (Wildman–Crippen LogP) is 3.28. The van der Waals surface area contributed by atoms with Crippen LogP contribution in [0.1, 0.15) is 58.3 Å². The summed E-state index contributed by atoms with van der Waals surface area (Å²) in [6.45, 7) is 2.21. The van der Waals surface area contributed by atoms with Gasteiger partial charge in [-0.1, -0.05) is 12.5 Å². The summed E-state index contributed by atoms with van der Waals surface area (Å²) in [5, 5.41) is 9.95. The van der Waals surface area contributed by atoms with Crippen LogP contribution in [0.15, 0.2) is 11.6 Å². The van der Waals surface area contributed by atoms with Crippen molar-refractivity contribution in [2.24, 2.45) is 28.6 Å². The summed E-state index contributed by atoms with van der Waals surface area (Å²) >= 11 is 0. The molecule has 4 rings (SSSR count). The Morgan fingerprint density at radius 1 is 1.16 bits per heavy atom. The van der Waals surface area contributed by atoms with E-state index < -0.39 is 10.5 Å². The maximum absolute atomic E-state index is 12.7. The number of ketones is 2. The first kappa shape index (κ1) is 16.7. The minimum atomic E-state index is -0.765. The van der Waals surface area contributed by atoms with Crippen molar-refractivity contribution >= 4 is 11.6 Å². The number of hydrogen-bond donors (Lipinski definition) is 0. The van der Waals surface area contributed by atoms with Crippen LogP contribution in [0.25, 0.3) is 0 Å². The molecule has 0 aromatic rings. The Morgan fingerprint density at radius 3 is 2.72 bits per heavy atom. The minimum Gasteiger partial charge on any atom is -0.313 e. The van der Waals surface area contributed by atoms with Crippen LogP contribution in [-0.2, 0) is 14.4 Å². The molecule has 0 unspecified atom stereocenters. The summed E-state index contributed by atoms with van der Waals surface area (Å²) in [7, 11) is 0. The molecule has 4 aliphatic carbocycles. The third kappa shape index (κ3) is 2.36. The largest absolute Gasteiger partial charge is 0.313 e. The number of nitrogens with zero attached hydrogens (tertiary/aromatic N) is 1. The van der Waals surface area contributed by atoms with Crippen molar-refractivity contribution in [3.8, 4) is 0 Å². The molecule has 5 atom stereocenters. The molecule has 0 aliphatic heterocycles. The van der Waals surface area contributed by atoms with Crippen LogP contribution < -0.4 is 0 Å². The molecule has 4 aliphatic rings. The third-order valence-electron chi connectivity index (χ3n) is 7.84. The fourth-order valence-corrected chi connectivity index (χ4v) is 6.57. The van der Waals surface area contributed by atoms with Crippen LogP contribution in [0.3, 0.4) is 0 Å². The quantitative estimate of drug-likeness (QED) is 0.577. The molecule has 136 valence electrons. The molecule has 0 N–H and O–H groups in total. The van der Waals surface area contributed by atoms with Crippen LogP contribution in [0, 0.1) is 38.7 Å². The average Bonchev–Trinajstić information content (AvgIpc) is 2.91. The van der Waals surface area contributed by atoms with Crippen molar-refractivity contribution in [2.75, 3.05) is 6.61 Å². The van der Waals surface area contributed by atoms with E-state index in [-0.39, 0.29) is 29.5 Å². The third-order valence-corrected chi connectivity index (χ3v) is 7.84. The molecular formula is C19H25NO5. The Kier molecular flexibility index (Phi) is 3.78. The van der Waals surface area contributed by atoms with Crippen molar-refractivity contribution in [1.29, 1.82) is 0 Å². The minimum absolute atomic E-state index is 0.0542. The van der Waals surface area contributed by atoms with Crippen molar-refractivity contribution in [3.05, 3.63) is 21.8 Å². The fourth-order valence-electron chi connectivity index (χ4n) is 6.57. The van der Waals surface area contributed by atoms with E-state index in [0.29, 0.717) is 31.1 Å². The van der Waals surface area contributed by atoms with Gasteiger partial charge in [-0.25, -0.2) is 0 Å². The number of carbonyl (C=O) groups excluding carboxylic acids is 2. The predicted molar refractivity (Wildman–Crippen MR) is 89.0 cm³/mol. The SMILES string of the molecule is C[C@]12CCC(=O)C=C1CC[C@H]1[C@@H]3CCC(=O)[C@@]3(CO[N+](=O)[O-])CC[C@@H]12. The lowest BCUT2D eigenvalue weighted by atomic mass is 9.47. The van der Waals surface area contributed by atoms with Crippen molar-refractivity contribution < 1.29 is 19.5 Å². The summed E-state index contributed by atoms with van der Waals surface area (Å²) in [6.07, 6.45) is 8.22. The van der Waals surface area contributed by atoms with Gasteiger partial charge in [0.25, 0.3) is 5.09 Å². The van der Waals surface area contributed by atoms with E-state index in [9.17, 15) is 19.7 Å². The van der Waals surface area contributed by atoms with E-state index in [1.54, 1.807) is 0 Å². The molecule has 6 nitrogen and oxygen atoms in total. The van der Waals surface area contributed by atoms with Gasteiger partial charge in [-0.15, -0.1) is 10.1 Å². The first-order valence-corrected chi connectivity index (χ1v) is 9.41. The van der Waals surface area contributed by atoms with E-state index in [4.69, 9.17) is 4.84 Å². The molecular weight excluding hydrogens is 322 g/mol. The maximum atomic E-state index is 12.7. The van der Waals surface area contributed by atoms with Crippen LogP contribution in [0.5, 0.6) is 0 Å². The van der Waals surface area contributed by atoms with Gasteiger partial charge in [-0.3, -0.25) is 9.59 Å². The van der Waals surface area contributed by atoms with E-state index >= 15 is 0 Å². The molecule has 0 aromatic carbocycles. The summed E-state index contributed by atoms with van der Waals surface area (Å²) in [5.74, 6) is 1.47. The number of carbonyl (C=O) groups is 2. The Morgan fingerprint density at radius 2 is 1.96 bits per heavy atom. The van der Waals surface area contributed by atoms with Gasteiger partial charge in [0.2, 0.25) is 0 Å². The van der Waals surface area contributed by atoms with Gasteiger partial charge in [-0.05, 0) is 67.8 Å². The smallest absolute Gasteiger partial charge is 0.294 e. The van der Waals surface area contributed by atoms with Crippen LogP contribution in [0.4, 0.5) is 0 Å². The molecule has 6 heteroatoms. The van der Waals surface area contributed by atoms with Crippen LogP contribution in [0.2, 0.25) is 0 Å². The lowest BCUT2D eigenvalue weighted by Crippen LogP contribution is -2.53. The van der Waals surface area contributed by atoms with Gasteiger partial charge in [0, 0.05) is 12.8 Å². The highest BCUT2D eigenvalue weighted by Gasteiger charge is 2.61. The maximum Gasteiger partial charge on any atom is 0.294 e. The number of allylic oxidation sites excluding steroid dienone is 1. The molecule has 25 heavy (non-hydrogen) atoms. The topological polar surface area (TPSA) is 86.5 Å². The van der Waals surface area contributed by atoms with Crippen molar-refractivity contribution in [3.63, 3.8) is 0 Å². The van der Waals surface area contributed by atoms with Crippen LogP contribution >= 0.6 is 0 Å². The monoisotopic (exact) mass is 347 g/mol. The number of fused-ring (bicyclic) bond motifs is 5. The molecule has 0 amide bonds. The molecule has 0 spiro atoms. The zero-order valence-corrected chi connectivity index (χ0v) is 14.7. The Balaban J connectivity index is 1.65. The number of Topliss-reactive ketones (excluding diaryl/α,β-unsaturated/α-hetero) is 1. The average molecular weight is 347 g/mol. The fraction of sp³-hybridized carbons (Fsp3) is 0.789. The van der Waals surface area contributed by atoms with E-state index in [2.05, 4.69) is 6.92 Å². The number of rotatable bonds is 3. The van der Waals surface area contributed by atoms with Gasteiger partial charge < -0.3 is 4.84 Å². The lowest BCUT2D eigenvalue weighted by molar-refractivity contribution is -0.760. The molecule has 0 heterocycles. The molecule has 0 aromatic heterocycles. The molecule has 3 fully saturated rings. The molecule has 0 saturated heterocycles. The lowest BCUT2D eigenvalue weighted by Gasteiger charge is -2.57. The second-order valence-corrected chi connectivity index (χ2v) is 8.62. The van der Waals surface area contributed by atoms with Crippen LogP contribution in [-0.4, -0.2) is 23.3 Å². The summed E-state index contributed by atoms with van der Waals surface area (Å²) in [5.41, 5.74) is 0.692. The van der Waals surface area contributed by atoms with E-state index in [1.807, 2.05) is 6.08 Å². The highest BCUT2D eigenvalue weighted by Crippen LogP contribution is 2.64. The van der Waals surface area contributed by atoms with Gasteiger partial charge in [0.1, 0.15) is 12.4 Å². The van der Waals surface area contributed by atoms with Gasteiger partial charge in [0.05, 0.1) is 5.41 Å². The molecule has 0 bridgehead atoms. The summed E-state index contributed by atoms with van der Waals surface area (Å²) in [6, 6.07) is 0. The van der Waals surface area contributed by atoms with E-state index in [0.717, 1.165) is 32.1 Å². The summed E-state index contributed by atoms with van der Waals surface area (Å²) < 4.78 is 0. The zero-order valence-electron chi connectivity index (χ0n) is 14.7. The molecule has 3 saturated carbocycles. The Bertz CT molecular complexity index is 671. The van der Waals surface area contributed by atoms with Crippen molar-refractivity contribution in [2.45, 2.75) is 58.3 Å². The summed E-state index contributed by atoms with van der Waals surface area (Å²) in [4.78, 5) is 40.0. The first-order valence-electron chi connectivity index (χ1n) is 9.41. The molecule has 0 radical (unpaired) electrons. The normalized spacial score (nSPS) is 42.9. The first-order chi connectivity index (χ1) is 11.9. The highest BCUT2D eigenvalue weighted by molar-refractivity contribution is 5.91. The number of hydrogen-bond acceptors (Lipinski definition) is 5. The Labute approximate surface area is 147 Å².